The number of thiophene rings is 1. The first-order valence-electron chi connectivity index (χ1n) is 8.40. The lowest BCUT2D eigenvalue weighted by Crippen LogP contribution is -2.14. The molecule has 26 heavy (non-hydrogen) atoms. The second-order valence-electron chi connectivity index (χ2n) is 6.20. The number of H-pyrrole nitrogens is 1. The lowest BCUT2D eigenvalue weighted by Gasteiger charge is -2.09. The average Bonchev–Trinajstić information content (AvgIpc) is 3.18. The van der Waals surface area contributed by atoms with Gasteiger partial charge in [-0.25, -0.2) is 4.98 Å². The fourth-order valence-electron chi connectivity index (χ4n) is 3.09. The number of carbonyl (C=O) groups excluding carboxylic acids is 1. The van der Waals surface area contributed by atoms with Crippen LogP contribution < -0.4 is 10.4 Å². The zero-order chi connectivity index (χ0) is 18.1. The van der Waals surface area contributed by atoms with Crippen molar-refractivity contribution in [3.05, 3.63) is 43.0 Å². The van der Waals surface area contributed by atoms with Gasteiger partial charge in [0.25, 0.3) is 11.5 Å². The smallest absolute Gasteiger partial charge is 0.259 e. The molecule has 4 rings (SSSR count). The minimum atomic E-state index is -0.178. The molecule has 0 aliphatic heterocycles. The average molecular weight is 407 g/mol. The van der Waals surface area contributed by atoms with Gasteiger partial charge in [0.2, 0.25) is 0 Å². The van der Waals surface area contributed by atoms with E-state index in [2.05, 4.69) is 15.0 Å². The van der Waals surface area contributed by atoms with Gasteiger partial charge in [0.05, 0.1) is 16.9 Å². The number of aromatic amines is 1. The molecule has 136 valence electrons. The Balaban J connectivity index is 1.47. The Labute approximate surface area is 162 Å². The number of hydrogen-bond donors (Lipinski definition) is 1. The van der Waals surface area contributed by atoms with Crippen LogP contribution in [0.25, 0.3) is 10.2 Å². The Morgan fingerprint density at radius 3 is 3.08 bits per heavy atom. The number of rotatable bonds is 4. The van der Waals surface area contributed by atoms with Crippen LogP contribution in [0.1, 0.15) is 29.1 Å². The maximum Gasteiger partial charge on any atom is 0.259 e. The Hall–Kier alpha value is -1.71. The molecule has 1 N–H and O–H groups in total. The van der Waals surface area contributed by atoms with Crippen LogP contribution in [0.2, 0.25) is 0 Å². The maximum atomic E-state index is 12.5. The molecular weight excluding hydrogens is 388 g/mol. The molecule has 0 atom stereocenters. The largest absolute Gasteiger partial charge is 0.327 e. The molecule has 1 amide bonds. The lowest BCUT2D eigenvalue weighted by molar-refractivity contribution is -0.115. The molecule has 0 aromatic carbocycles. The van der Waals surface area contributed by atoms with Gasteiger partial charge in [-0.3, -0.25) is 9.59 Å². The van der Waals surface area contributed by atoms with E-state index in [0.717, 1.165) is 29.5 Å². The quantitative estimate of drug-likeness (QED) is 0.722. The first-order valence-corrected chi connectivity index (χ1v) is 11.3. The van der Waals surface area contributed by atoms with Gasteiger partial charge in [-0.2, -0.15) is 4.99 Å². The fraction of sp³-hybridized carbons (Fsp3) is 0.412. The number of aromatic nitrogens is 3. The molecule has 1 aliphatic carbocycles. The summed E-state index contributed by atoms with van der Waals surface area (Å²) in [6.45, 7) is 0. The zero-order valence-electron chi connectivity index (χ0n) is 14.3. The van der Waals surface area contributed by atoms with Gasteiger partial charge >= 0.3 is 0 Å². The molecule has 3 heterocycles. The summed E-state index contributed by atoms with van der Waals surface area (Å²) in [5.41, 5.74) is 1.15. The van der Waals surface area contributed by atoms with Crippen LogP contribution in [0.5, 0.6) is 0 Å². The van der Waals surface area contributed by atoms with E-state index in [9.17, 15) is 9.59 Å². The van der Waals surface area contributed by atoms with Crippen LogP contribution in [0.3, 0.4) is 0 Å². The van der Waals surface area contributed by atoms with Gasteiger partial charge < -0.3 is 9.55 Å². The van der Waals surface area contributed by atoms with Crippen LogP contribution in [-0.4, -0.2) is 26.2 Å². The molecule has 0 spiro atoms. The summed E-state index contributed by atoms with van der Waals surface area (Å²) in [5, 5.41) is 2.67. The van der Waals surface area contributed by atoms with Gasteiger partial charge in [-0.05, 0) is 31.2 Å². The third-order valence-corrected chi connectivity index (χ3v) is 7.28. The van der Waals surface area contributed by atoms with Gasteiger partial charge in [0, 0.05) is 23.5 Å². The number of nitrogens with zero attached hydrogens (tertiary/aromatic N) is 3. The number of amides is 1. The lowest BCUT2D eigenvalue weighted by atomic mass is 9.97. The van der Waals surface area contributed by atoms with E-state index >= 15 is 0 Å². The Morgan fingerprint density at radius 1 is 1.42 bits per heavy atom. The number of nitrogens with one attached hydrogen (secondary N) is 1. The monoisotopic (exact) mass is 406 g/mol. The highest BCUT2D eigenvalue weighted by molar-refractivity contribution is 7.99. The minimum absolute atomic E-state index is 0.0494. The fourth-order valence-corrected chi connectivity index (χ4v) is 5.78. The zero-order valence-corrected chi connectivity index (χ0v) is 16.7. The van der Waals surface area contributed by atoms with E-state index in [-0.39, 0.29) is 17.2 Å². The van der Waals surface area contributed by atoms with E-state index in [1.807, 2.05) is 23.2 Å². The van der Waals surface area contributed by atoms with E-state index in [1.54, 1.807) is 11.3 Å². The van der Waals surface area contributed by atoms with E-state index < -0.39 is 0 Å². The summed E-state index contributed by atoms with van der Waals surface area (Å²) in [4.78, 5) is 38.9. The molecule has 3 aromatic heterocycles. The first-order chi connectivity index (χ1) is 12.6. The van der Waals surface area contributed by atoms with E-state index in [0.29, 0.717) is 16.4 Å². The molecule has 0 bridgehead atoms. The van der Waals surface area contributed by atoms with Crippen LogP contribution in [0.4, 0.5) is 0 Å². The van der Waals surface area contributed by atoms with E-state index in [1.165, 1.54) is 40.0 Å². The van der Waals surface area contributed by atoms with Gasteiger partial charge in [0.1, 0.15) is 10.7 Å². The highest BCUT2D eigenvalue weighted by atomic mass is 32.2. The summed E-state index contributed by atoms with van der Waals surface area (Å²) in [6, 6.07) is 0. The predicted molar refractivity (Wildman–Crippen MR) is 107 cm³/mol. The molecule has 0 fully saturated rings. The standard InChI is InChI=1S/C17H18N4O2S3/c1-21-6-7-25-17(21)20-13(22)9-24-8-12-18-15(23)14-10-4-2-3-5-11(10)26-16(14)19-12/h6-7H,2-5,8-9H2,1H3,(H,18,19,23). The number of hydrogen-bond acceptors (Lipinski definition) is 6. The van der Waals surface area contributed by atoms with Crippen LogP contribution in [-0.2, 0) is 30.4 Å². The Bertz CT molecular complexity index is 1090. The number of aryl methyl sites for hydroxylation is 3. The molecular formula is C17H18N4O2S3. The molecule has 0 unspecified atom stereocenters. The Morgan fingerprint density at radius 2 is 2.27 bits per heavy atom. The summed E-state index contributed by atoms with van der Waals surface area (Å²) >= 11 is 4.50. The summed E-state index contributed by atoms with van der Waals surface area (Å²) < 4.78 is 1.82. The number of fused-ring (bicyclic) bond motifs is 3. The van der Waals surface area contributed by atoms with Gasteiger partial charge in [0.15, 0.2) is 4.80 Å². The maximum absolute atomic E-state index is 12.5. The summed E-state index contributed by atoms with van der Waals surface area (Å²) in [5.74, 6) is 1.20. The van der Waals surface area contributed by atoms with Crippen LogP contribution in [0.15, 0.2) is 21.4 Å². The highest BCUT2D eigenvalue weighted by Crippen LogP contribution is 2.33. The highest BCUT2D eigenvalue weighted by Gasteiger charge is 2.19. The molecule has 3 aromatic rings. The summed E-state index contributed by atoms with van der Waals surface area (Å²) in [6.07, 6.45) is 6.23. The van der Waals surface area contributed by atoms with Crippen molar-refractivity contribution in [3.63, 3.8) is 0 Å². The third-order valence-electron chi connectivity index (χ3n) is 4.32. The molecule has 1 aliphatic rings. The van der Waals surface area contributed by atoms with Crippen molar-refractivity contribution >= 4 is 50.6 Å². The molecule has 0 saturated carbocycles. The predicted octanol–water partition coefficient (Wildman–Crippen LogP) is 2.62. The van der Waals surface area contributed by atoms with Gasteiger partial charge in [-0.15, -0.1) is 34.4 Å². The number of carbonyl (C=O) groups is 1. The number of thioether (sulfide) groups is 1. The van der Waals surface area contributed by atoms with Crippen molar-refractivity contribution in [3.8, 4) is 0 Å². The second kappa shape index (κ2) is 7.50. The first kappa shape index (κ1) is 17.7. The molecule has 0 radical (unpaired) electrons. The van der Waals surface area contributed by atoms with Crippen molar-refractivity contribution in [1.29, 1.82) is 0 Å². The van der Waals surface area contributed by atoms with E-state index in [4.69, 9.17) is 0 Å². The topological polar surface area (TPSA) is 80.1 Å². The number of thiazole rings is 1. The molecule has 9 heteroatoms. The van der Waals surface area contributed by atoms with Crippen molar-refractivity contribution in [2.75, 3.05) is 5.75 Å². The SMILES string of the molecule is Cn1ccsc1=NC(=O)CSCc1nc2sc3c(c2c(=O)[nH]1)CCCC3. The van der Waals surface area contributed by atoms with Crippen molar-refractivity contribution in [2.45, 2.75) is 31.4 Å². The van der Waals surface area contributed by atoms with Crippen molar-refractivity contribution in [2.24, 2.45) is 12.0 Å². The minimum Gasteiger partial charge on any atom is -0.327 e. The third kappa shape index (κ3) is 3.56. The summed E-state index contributed by atoms with van der Waals surface area (Å²) in [7, 11) is 1.86. The van der Waals surface area contributed by atoms with Crippen molar-refractivity contribution in [1.82, 2.24) is 14.5 Å². The normalized spacial score (nSPS) is 14.7. The van der Waals surface area contributed by atoms with Crippen LogP contribution in [0, 0.1) is 0 Å². The van der Waals surface area contributed by atoms with Gasteiger partial charge in [-0.1, -0.05) is 0 Å². The molecule has 0 saturated heterocycles. The van der Waals surface area contributed by atoms with Crippen molar-refractivity contribution < 1.29 is 4.79 Å². The molecule has 6 nitrogen and oxygen atoms in total. The second-order valence-corrected chi connectivity index (χ2v) is 9.14. The van der Waals surface area contributed by atoms with Crippen LogP contribution >= 0.6 is 34.4 Å². The Kier molecular flexibility index (Phi) is 5.10.